The van der Waals surface area contributed by atoms with Crippen LogP contribution in [0.15, 0.2) is 0 Å². The predicted molar refractivity (Wildman–Crippen MR) is 59.1 cm³/mol. The van der Waals surface area contributed by atoms with E-state index < -0.39 is 11.8 Å². The molecule has 2 aliphatic rings. The van der Waals surface area contributed by atoms with Crippen molar-refractivity contribution in [1.29, 1.82) is 0 Å². The lowest BCUT2D eigenvalue weighted by molar-refractivity contribution is -0.143. The summed E-state index contributed by atoms with van der Waals surface area (Å²) in [5.41, 5.74) is 0. The molecule has 0 N–H and O–H groups in total. The average Bonchev–Trinajstić information content (AvgIpc) is 2.45. The lowest BCUT2D eigenvalue weighted by atomic mass is 9.94. The number of hydrogen-bond donors (Lipinski definition) is 0. The van der Waals surface area contributed by atoms with Crippen molar-refractivity contribution in [2.75, 3.05) is 7.05 Å². The first kappa shape index (κ1) is 10.5. The van der Waals surface area contributed by atoms with Crippen LogP contribution in [0.25, 0.3) is 0 Å². The fourth-order valence-corrected chi connectivity index (χ4v) is 2.56. The van der Waals surface area contributed by atoms with Crippen LogP contribution in [0.4, 0.5) is 0 Å². The topological polar surface area (TPSA) is 40.6 Å². The van der Waals surface area contributed by atoms with Crippen molar-refractivity contribution >= 4 is 29.1 Å². The zero-order valence-electron chi connectivity index (χ0n) is 8.73. The number of amides is 2. The molecule has 2 fully saturated rings. The number of nitrogens with zero attached hydrogens (tertiary/aromatic N) is 2. The van der Waals surface area contributed by atoms with Gasteiger partial charge in [0.15, 0.2) is 5.11 Å². The standard InChI is InChI=1S/C10H14N2O2S/c1-11-8(13)9(14)12(10(11)15)7-5-3-2-4-6-7/h7H,2-6H2,1H3. The van der Waals surface area contributed by atoms with Crippen LogP contribution in [0.1, 0.15) is 32.1 Å². The Kier molecular flexibility index (Phi) is 2.73. The second kappa shape index (κ2) is 3.89. The van der Waals surface area contributed by atoms with Crippen molar-refractivity contribution in [3.63, 3.8) is 0 Å². The van der Waals surface area contributed by atoms with Crippen LogP contribution in [-0.4, -0.2) is 39.8 Å². The molecule has 2 rings (SSSR count). The second-order valence-corrected chi connectivity index (χ2v) is 4.48. The van der Waals surface area contributed by atoms with Crippen molar-refractivity contribution in [2.24, 2.45) is 0 Å². The van der Waals surface area contributed by atoms with E-state index in [0.29, 0.717) is 5.11 Å². The normalized spacial score (nSPS) is 24.2. The number of hydrogen-bond acceptors (Lipinski definition) is 3. The average molecular weight is 226 g/mol. The summed E-state index contributed by atoms with van der Waals surface area (Å²) in [6.07, 6.45) is 5.39. The molecule has 0 aromatic heterocycles. The Bertz CT molecular complexity index is 323. The van der Waals surface area contributed by atoms with Gasteiger partial charge in [0.05, 0.1) is 0 Å². The molecule has 5 heteroatoms. The fraction of sp³-hybridized carbons (Fsp3) is 0.700. The van der Waals surface area contributed by atoms with E-state index in [0.717, 1.165) is 25.7 Å². The van der Waals surface area contributed by atoms with Crippen LogP contribution in [0.2, 0.25) is 0 Å². The van der Waals surface area contributed by atoms with Gasteiger partial charge in [0.2, 0.25) is 0 Å². The molecule has 1 saturated heterocycles. The molecule has 1 saturated carbocycles. The summed E-state index contributed by atoms with van der Waals surface area (Å²) >= 11 is 5.11. The highest BCUT2D eigenvalue weighted by atomic mass is 32.1. The Morgan fingerprint density at radius 1 is 1.13 bits per heavy atom. The number of carbonyl (C=O) groups is 2. The van der Waals surface area contributed by atoms with Gasteiger partial charge >= 0.3 is 11.8 Å². The molecule has 0 spiro atoms. The molecule has 0 aromatic carbocycles. The second-order valence-electron chi connectivity index (χ2n) is 4.11. The van der Waals surface area contributed by atoms with Gasteiger partial charge in [-0.2, -0.15) is 0 Å². The highest BCUT2D eigenvalue weighted by Crippen LogP contribution is 2.26. The maximum Gasteiger partial charge on any atom is 0.318 e. The van der Waals surface area contributed by atoms with Gasteiger partial charge in [0, 0.05) is 13.1 Å². The third kappa shape index (κ3) is 1.65. The van der Waals surface area contributed by atoms with E-state index in [9.17, 15) is 9.59 Å². The quantitative estimate of drug-likeness (QED) is 0.493. The molecule has 15 heavy (non-hydrogen) atoms. The molecule has 4 nitrogen and oxygen atoms in total. The lowest BCUT2D eigenvalue weighted by Gasteiger charge is -2.29. The SMILES string of the molecule is CN1C(=O)C(=O)N(C2CCCCC2)C1=S. The summed E-state index contributed by atoms with van der Waals surface area (Å²) in [6, 6.07) is 0.146. The lowest BCUT2D eigenvalue weighted by Crippen LogP contribution is -2.41. The molecule has 0 radical (unpaired) electrons. The highest BCUT2D eigenvalue weighted by molar-refractivity contribution is 7.80. The molecule has 1 aliphatic carbocycles. The Morgan fingerprint density at radius 2 is 1.73 bits per heavy atom. The largest absolute Gasteiger partial charge is 0.318 e. The molecular weight excluding hydrogens is 212 g/mol. The minimum absolute atomic E-state index is 0.146. The summed E-state index contributed by atoms with van der Waals surface area (Å²) in [5, 5.41) is 0.372. The first-order valence-corrected chi connectivity index (χ1v) is 5.69. The molecule has 0 atom stereocenters. The number of likely N-dealkylation sites (N-methyl/N-ethyl adjacent to an activating group) is 1. The third-order valence-corrected chi connectivity index (χ3v) is 3.61. The highest BCUT2D eigenvalue weighted by Gasteiger charge is 2.42. The Balaban J connectivity index is 2.17. The molecule has 82 valence electrons. The minimum Gasteiger partial charge on any atom is -0.284 e. The van der Waals surface area contributed by atoms with Crippen LogP contribution in [0.5, 0.6) is 0 Å². The third-order valence-electron chi connectivity index (χ3n) is 3.14. The van der Waals surface area contributed by atoms with Crippen LogP contribution in [0, 0.1) is 0 Å². The zero-order valence-corrected chi connectivity index (χ0v) is 9.55. The summed E-state index contributed by atoms with van der Waals surface area (Å²) in [6.45, 7) is 0. The molecule has 2 amide bonds. The maximum atomic E-state index is 11.7. The van der Waals surface area contributed by atoms with Gasteiger partial charge in [-0.25, -0.2) is 0 Å². The van der Waals surface area contributed by atoms with E-state index >= 15 is 0 Å². The van der Waals surface area contributed by atoms with Crippen molar-refractivity contribution < 1.29 is 9.59 Å². The fourth-order valence-electron chi connectivity index (χ4n) is 2.24. The van der Waals surface area contributed by atoms with Gasteiger partial charge in [0.1, 0.15) is 0 Å². The van der Waals surface area contributed by atoms with Gasteiger partial charge in [0.25, 0.3) is 0 Å². The van der Waals surface area contributed by atoms with E-state index in [1.807, 2.05) is 0 Å². The Hall–Kier alpha value is -0.970. The van der Waals surface area contributed by atoms with Crippen LogP contribution in [-0.2, 0) is 9.59 Å². The first-order valence-electron chi connectivity index (χ1n) is 5.28. The zero-order chi connectivity index (χ0) is 11.0. The predicted octanol–water partition coefficient (Wildman–Crippen LogP) is 0.905. The molecule has 1 heterocycles. The van der Waals surface area contributed by atoms with Crippen molar-refractivity contribution in [3.8, 4) is 0 Å². The van der Waals surface area contributed by atoms with Crippen LogP contribution in [0.3, 0.4) is 0 Å². The molecule has 0 unspecified atom stereocenters. The number of carbonyl (C=O) groups excluding carboxylic acids is 2. The number of thiocarbonyl (C=S) groups is 1. The van der Waals surface area contributed by atoms with E-state index in [1.165, 1.54) is 16.2 Å². The Labute approximate surface area is 94.2 Å². The summed E-state index contributed by atoms with van der Waals surface area (Å²) in [7, 11) is 1.56. The van der Waals surface area contributed by atoms with E-state index in [-0.39, 0.29) is 6.04 Å². The van der Waals surface area contributed by atoms with E-state index in [2.05, 4.69) is 0 Å². The molecule has 1 aliphatic heterocycles. The van der Waals surface area contributed by atoms with Gasteiger partial charge < -0.3 is 0 Å². The van der Waals surface area contributed by atoms with Crippen LogP contribution >= 0.6 is 12.2 Å². The van der Waals surface area contributed by atoms with E-state index in [1.54, 1.807) is 7.05 Å². The van der Waals surface area contributed by atoms with Crippen molar-refractivity contribution in [2.45, 2.75) is 38.1 Å². The smallest absolute Gasteiger partial charge is 0.284 e. The van der Waals surface area contributed by atoms with Gasteiger partial charge in [-0.3, -0.25) is 19.4 Å². The van der Waals surface area contributed by atoms with Crippen molar-refractivity contribution in [3.05, 3.63) is 0 Å². The molecule has 0 bridgehead atoms. The van der Waals surface area contributed by atoms with E-state index in [4.69, 9.17) is 12.2 Å². The molecule has 0 aromatic rings. The summed E-state index contributed by atoms with van der Waals surface area (Å²) in [5.74, 6) is -0.944. The number of rotatable bonds is 1. The first-order chi connectivity index (χ1) is 7.13. The molecular formula is C10H14N2O2S. The maximum absolute atomic E-state index is 11.7. The van der Waals surface area contributed by atoms with Gasteiger partial charge in [-0.15, -0.1) is 0 Å². The van der Waals surface area contributed by atoms with Crippen LogP contribution < -0.4 is 0 Å². The van der Waals surface area contributed by atoms with Gasteiger partial charge in [-0.1, -0.05) is 19.3 Å². The summed E-state index contributed by atoms with van der Waals surface area (Å²) < 4.78 is 0. The monoisotopic (exact) mass is 226 g/mol. The summed E-state index contributed by atoms with van der Waals surface area (Å²) in [4.78, 5) is 25.9. The van der Waals surface area contributed by atoms with Crippen molar-refractivity contribution in [1.82, 2.24) is 9.80 Å². The van der Waals surface area contributed by atoms with Gasteiger partial charge in [-0.05, 0) is 25.1 Å². The minimum atomic E-state index is -0.495. The Morgan fingerprint density at radius 3 is 2.20 bits per heavy atom.